The number of thioether (sulfide) groups is 1. The molecule has 1 unspecified atom stereocenters. The molecule has 0 radical (unpaired) electrons. The number of benzene rings is 3. The van der Waals surface area contributed by atoms with E-state index < -0.39 is 12.0 Å². The number of carbonyl (C=O) groups is 1. The molecule has 39 heavy (non-hydrogen) atoms. The molecular weight excluding hydrogens is 528 g/mol. The van der Waals surface area contributed by atoms with Crippen molar-refractivity contribution in [1.29, 1.82) is 0 Å². The zero-order valence-electron chi connectivity index (χ0n) is 21.5. The first kappa shape index (κ1) is 26.5. The van der Waals surface area contributed by atoms with E-state index in [1.807, 2.05) is 91.2 Å². The molecule has 0 spiro atoms. The van der Waals surface area contributed by atoms with Crippen molar-refractivity contribution >= 4 is 35.1 Å². The van der Waals surface area contributed by atoms with E-state index >= 15 is 0 Å². The topological polar surface area (TPSA) is 69.9 Å². The molecule has 0 amide bonds. The third kappa shape index (κ3) is 5.67. The average molecular weight is 555 g/mol. The fraction of sp³-hybridized carbons (Fsp3) is 0.129. The average Bonchev–Trinajstić information content (AvgIpc) is 3.25. The fourth-order valence-corrected chi connectivity index (χ4v) is 5.80. The van der Waals surface area contributed by atoms with Gasteiger partial charge in [-0.1, -0.05) is 66.5 Å². The molecule has 0 bridgehead atoms. The monoisotopic (exact) mass is 554 g/mol. The van der Waals surface area contributed by atoms with Crippen LogP contribution in [0.5, 0.6) is 11.5 Å². The highest BCUT2D eigenvalue weighted by molar-refractivity contribution is 7.98. The van der Waals surface area contributed by atoms with Gasteiger partial charge in [0.25, 0.3) is 5.56 Å². The summed E-state index contributed by atoms with van der Waals surface area (Å²) in [7, 11) is 0. The number of hydrogen-bond acceptors (Lipinski definition) is 7. The molecule has 4 aromatic rings. The van der Waals surface area contributed by atoms with Crippen molar-refractivity contribution in [1.82, 2.24) is 4.57 Å². The molecule has 6 nitrogen and oxygen atoms in total. The van der Waals surface area contributed by atoms with E-state index in [1.165, 1.54) is 17.4 Å². The normalized spacial score (nSPS) is 14.9. The third-order valence-corrected chi connectivity index (χ3v) is 7.87. The van der Waals surface area contributed by atoms with Gasteiger partial charge in [0.2, 0.25) is 0 Å². The van der Waals surface area contributed by atoms with Crippen LogP contribution in [0.15, 0.2) is 117 Å². The van der Waals surface area contributed by atoms with Crippen LogP contribution in [0.4, 0.5) is 0 Å². The highest BCUT2D eigenvalue weighted by atomic mass is 32.2. The molecule has 3 aromatic carbocycles. The molecule has 0 aliphatic carbocycles. The number of rotatable bonds is 8. The predicted octanol–water partition coefficient (Wildman–Crippen LogP) is 5.48. The van der Waals surface area contributed by atoms with E-state index in [2.05, 4.69) is 11.6 Å². The number of esters is 1. The molecular formula is C31H26N2O4S2. The van der Waals surface area contributed by atoms with Crippen LogP contribution in [0.25, 0.3) is 6.08 Å². The van der Waals surface area contributed by atoms with Gasteiger partial charge in [-0.3, -0.25) is 9.36 Å². The SMILES string of the molecule is C=CCOC(=O)C1=C(C)N=c2sc(=Cc3cccc(Oc4ccccc4)c3)c(=O)n2C1c1ccc(SC)cc1. The van der Waals surface area contributed by atoms with E-state index in [0.29, 0.717) is 26.4 Å². The Hall–Kier alpha value is -4.14. The summed E-state index contributed by atoms with van der Waals surface area (Å²) in [6.45, 7) is 5.47. The van der Waals surface area contributed by atoms with E-state index in [1.54, 1.807) is 23.3 Å². The molecule has 0 N–H and O–H groups in total. The Morgan fingerprint density at radius 3 is 2.54 bits per heavy atom. The second-order valence-corrected chi connectivity index (χ2v) is 10.6. The predicted molar refractivity (Wildman–Crippen MR) is 156 cm³/mol. The second kappa shape index (κ2) is 11.7. The summed E-state index contributed by atoms with van der Waals surface area (Å²) in [6.07, 6.45) is 5.34. The minimum atomic E-state index is -0.663. The van der Waals surface area contributed by atoms with Gasteiger partial charge < -0.3 is 9.47 Å². The fourth-order valence-electron chi connectivity index (χ4n) is 4.34. The number of nitrogens with zero attached hydrogens (tertiary/aromatic N) is 2. The van der Waals surface area contributed by atoms with Crippen LogP contribution in [0.3, 0.4) is 0 Å². The molecule has 196 valence electrons. The Labute approximate surface area is 234 Å². The van der Waals surface area contributed by atoms with E-state index in [0.717, 1.165) is 21.8 Å². The van der Waals surface area contributed by atoms with Crippen LogP contribution in [0, 0.1) is 0 Å². The summed E-state index contributed by atoms with van der Waals surface area (Å²) in [5.41, 5.74) is 2.25. The minimum absolute atomic E-state index is 0.0690. The molecule has 1 aromatic heterocycles. The summed E-state index contributed by atoms with van der Waals surface area (Å²) in [4.78, 5) is 33.3. The number of hydrogen-bond donors (Lipinski definition) is 0. The number of aromatic nitrogens is 1. The standard InChI is InChI=1S/C31H26N2O4S2/c1-4-17-36-30(35)27-20(2)32-31-33(28(27)22-13-15-25(38-3)16-14-22)29(34)26(39-31)19-21-9-8-12-24(18-21)37-23-10-6-5-7-11-23/h4-16,18-19,28H,1,17H2,2-3H3. The van der Waals surface area contributed by atoms with Gasteiger partial charge in [-0.25, -0.2) is 9.79 Å². The van der Waals surface area contributed by atoms with Gasteiger partial charge in [0, 0.05) is 4.90 Å². The lowest BCUT2D eigenvalue weighted by Gasteiger charge is -2.24. The zero-order valence-corrected chi connectivity index (χ0v) is 23.1. The molecule has 2 heterocycles. The lowest BCUT2D eigenvalue weighted by Crippen LogP contribution is -2.39. The number of allylic oxidation sites excluding steroid dienone is 1. The number of fused-ring (bicyclic) bond motifs is 1. The van der Waals surface area contributed by atoms with Crippen molar-refractivity contribution in [3.8, 4) is 11.5 Å². The lowest BCUT2D eigenvalue weighted by atomic mass is 9.96. The summed E-state index contributed by atoms with van der Waals surface area (Å²) in [5, 5.41) is 0. The van der Waals surface area contributed by atoms with Gasteiger partial charge in [0.1, 0.15) is 18.1 Å². The molecule has 5 rings (SSSR count). The summed E-state index contributed by atoms with van der Waals surface area (Å²) >= 11 is 2.91. The summed E-state index contributed by atoms with van der Waals surface area (Å²) in [5.74, 6) is 0.876. The van der Waals surface area contributed by atoms with Crippen LogP contribution >= 0.6 is 23.1 Å². The number of carbonyl (C=O) groups excluding carboxylic acids is 1. The first-order valence-corrected chi connectivity index (χ1v) is 14.3. The lowest BCUT2D eigenvalue weighted by molar-refractivity contribution is -0.138. The molecule has 0 saturated heterocycles. The van der Waals surface area contributed by atoms with Crippen molar-refractivity contribution in [2.45, 2.75) is 17.9 Å². The van der Waals surface area contributed by atoms with Crippen molar-refractivity contribution in [2.75, 3.05) is 12.9 Å². The Morgan fingerprint density at radius 1 is 1.08 bits per heavy atom. The summed E-state index contributed by atoms with van der Waals surface area (Å²) in [6, 6.07) is 24.3. The van der Waals surface area contributed by atoms with Crippen LogP contribution in [0.2, 0.25) is 0 Å². The smallest absolute Gasteiger partial charge is 0.338 e. The Bertz CT molecular complexity index is 1740. The number of ether oxygens (including phenoxy) is 2. The third-order valence-electron chi connectivity index (χ3n) is 6.14. The first-order chi connectivity index (χ1) is 19.0. The van der Waals surface area contributed by atoms with Crippen molar-refractivity contribution in [3.05, 3.63) is 134 Å². The van der Waals surface area contributed by atoms with Gasteiger partial charge in [-0.15, -0.1) is 11.8 Å². The van der Waals surface area contributed by atoms with Gasteiger partial charge in [-0.05, 0) is 66.8 Å². The van der Waals surface area contributed by atoms with E-state index in [4.69, 9.17) is 9.47 Å². The maximum Gasteiger partial charge on any atom is 0.338 e. The van der Waals surface area contributed by atoms with Crippen molar-refractivity contribution in [3.63, 3.8) is 0 Å². The van der Waals surface area contributed by atoms with Crippen LogP contribution in [-0.2, 0) is 9.53 Å². The van der Waals surface area contributed by atoms with Gasteiger partial charge in [0.05, 0.1) is 21.8 Å². The van der Waals surface area contributed by atoms with E-state index in [9.17, 15) is 9.59 Å². The Kier molecular flexibility index (Phi) is 7.95. The number of para-hydroxylation sites is 1. The van der Waals surface area contributed by atoms with Crippen LogP contribution in [0.1, 0.15) is 24.1 Å². The molecule has 0 fully saturated rings. The largest absolute Gasteiger partial charge is 0.458 e. The molecule has 1 aliphatic rings. The van der Waals surface area contributed by atoms with Crippen LogP contribution in [-0.4, -0.2) is 23.4 Å². The van der Waals surface area contributed by atoms with Gasteiger partial charge in [0.15, 0.2) is 4.80 Å². The van der Waals surface area contributed by atoms with Crippen molar-refractivity contribution < 1.29 is 14.3 Å². The highest BCUT2D eigenvalue weighted by Gasteiger charge is 2.33. The second-order valence-electron chi connectivity index (χ2n) is 8.73. The van der Waals surface area contributed by atoms with E-state index in [-0.39, 0.29) is 12.2 Å². The maximum atomic E-state index is 13.8. The quantitative estimate of drug-likeness (QED) is 0.164. The zero-order chi connectivity index (χ0) is 27.4. The Morgan fingerprint density at radius 2 is 1.82 bits per heavy atom. The molecule has 0 saturated carbocycles. The first-order valence-electron chi connectivity index (χ1n) is 12.3. The number of thiazole rings is 1. The molecule has 1 atom stereocenters. The Balaban J connectivity index is 1.60. The molecule has 8 heteroatoms. The van der Waals surface area contributed by atoms with Gasteiger partial charge in [-0.2, -0.15) is 0 Å². The minimum Gasteiger partial charge on any atom is -0.458 e. The van der Waals surface area contributed by atoms with Crippen LogP contribution < -0.4 is 19.6 Å². The maximum absolute atomic E-state index is 13.8. The molecule has 1 aliphatic heterocycles. The highest BCUT2D eigenvalue weighted by Crippen LogP contribution is 2.31. The summed E-state index contributed by atoms with van der Waals surface area (Å²) < 4.78 is 13.5. The van der Waals surface area contributed by atoms with Gasteiger partial charge >= 0.3 is 5.97 Å². The van der Waals surface area contributed by atoms with Crippen molar-refractivity contribution in [2.24, 2.45) is 4.99 Å².